The summed E-state index contributed by atoms with van der Waals surface area (Å²) in [6.45, 7) is 0. The van der Waals surface area contributed by atoms with E-state index in [2.05, 4.69) is 37.2 Å². The fourth-order valence-electron chi connectivity index (χ4n) is 0.822. The van der Waals surface area contributed by atoms with E-state index in [4.69, 9.17) is 11.6 Å². The van der Waals surface area contributed by atoms with Gasteiger partial charge in [-0.2, -0.15) is 0 Å². The fraction of sp³-hybridized carbons (Fsp3) is 0.125. The molecule has 0 aliphatic carbocycles. The van der Waals surface area contributed by atoms with Crippen molar-refractivity contribution in [3.8, 4) is 0 Å². The lowest BCUT2D eigenvalue weighted by molar-refractivity contribution is -0.113. The number of alkyl halides is 1. The molecule has 0 unspecified atom stereocenters. The molecule has 76 valence electrons. The maximum absolute atomic E-state index is 13.1. The van der Waals surface area contributed by atoms with Gasteiger partial charge in [-0.05, 0) is 28.1 Å². The Bertz CT molecular complexity index is 349. The summed E-state index contributed by atoms with van der Waals surface area (Å²) in [5.74, 6) is -0.773. The van der Waals surface area contributed by atoms with E-state index in [0.29, 0.717) is 5.69 Å². The molecule has 0 fully saturated rings. The average Bonchev–Trinajstić information content (AvgIpc) is 2.14. The first kappa shape index (κ1) is 11.9. The minimum Gasteiger partial charge on any atom is -0.325 e. The highest BCUT2D eigenvalue weighted by Gasteiger charge is 2.08. The smallest absolute Gasteiger partial charge is 0.235 e. The molecule has 0 radical (unpaired) electrons. The third-order valence-corrected chi connectivity index (χ3v) is 3.23. The number of hydrogen-bond acceptors (Lipinski definition) is 1. The Hall–Kier alpha value is -0.130. The molecule has 1 aromatic rings. The SMILES string of the molecule is O=C(CBr)Nc1cc(F)c(Br)c(Cl)c1. The third kappa shape index (κ3) is 2.93. The molecular weight excluding hydrogens is 340 g/mol. The first-order valence-corrected chi connectivity index (χ1v) is 5.84. The van der Waals surface area contributed by atoms with Crippen LogP contribution < -0.4 is 5.32 Å². The lowest BCUT2D eigenvalue weighted by Gasteiger charge is -2.05. The Kier molecular flexibility index (Phi) is 4.34. The van der Waals surface area contributed by atoms with Crippen molar-refractivity contribution >= 4 is 55.1 Å². The molecule has 0 aliphatic heterocycles. The number of carbonyl (C=O) groups is 1. The molecule has 0 aromatic heterocycles. The quantitative estimate of drug-likeness (QED) is 0.644. The minimum atomic E-state index is -0.512. The molecule has 0 aliphatic rings. The molecule has 0 atom stereocenters. The van der Waals surface area contributed by atoms with Crippen molar-refractivity contribution < 1.29 is 9.18 Å². The average molecular weight is 345 g/mol. The third-order valence-electron chi connectivity index (χ3n) is 1.39. The Labute approximate surface area is 102 Å². The summed E-state index contributed by atoms with van der Waals surface area (Å²) in [6.07, 6.45) is 0. The second kappa shape index (κ2) is 5.09. The van der Waals surface area contributed by atoms with E-state index >= 15 is 0 Å². The van der Waals surface area contributed by atoms with Crippen molar-refractivity contribution in [3.05, 3.63) is 27.4 Å². The molecule has 0 bridgehead atoms. The van der Waals surface area contributed by atoms with Crippen LogP contribution in [0.5, 0.6) is 0 Å². The largest absolute Gasteiger partial charge is 0.325 e. The second-order valence-electron chi connectivity index (χ2n) is 2.44. The summed E-state index contributed by atoms with van der Waals surface area (Å²) in [6, 6.07) is 2.66. The van der Waals surface area contributed by atoms with Gasteiger partial charge in [0.1, 0.15) is 5.82 Å². The van der Waals surface area contributed by atoms with Crippen LogP contribution in [0.25, 0.3) is 0 Å². The standard InChI is InChI=1S/C8H5Br2ClFNO/c9-3-7(14)13-4-1-5(11)8(10)6(12)2-4/h1-2H,3H2,(H,13,14). The molecule has 1 amide bonds. The summed E-state index contributed by atoms with van der Waals surface area (Å²) < 4.78 is 13.3. The zero-order chi connectivity index (χ0) is 10.7. The van der Waals surface area contributed by atoms with Gasteiger partial charge in [-0.15, -0.1) is 0 Å². The highest BCUT2D eigenvalue weighted by atomic mass is 79.9. The lowest BCUT2D eigenvalue weighted by Crippen LogP contribution is -2.12. The molecule has 1 aromatic carbocycles. The molecule has 0 spiro atoms. The van der Waals surface area contributed by atoms with Gasteiger partial charge in [0.25, 0.3) is 0 Å². The van der Waals surface area contributed by atoms with Crippen LogP contribution in [0.15, 0.2) is 16.6 Å². The summed E-state index contributed by atoms with van der Waals surface area (Å²) in [5, 5.41) is 2.84. The van der Waals surface area contributed by atoms with Gasteiger partial charge in [0, 0.05) is 5.69 Å². The summed E-state index contributed by atoms with van der Waals surface area (Å²) >= 11 is 11.6. The van der Waals surface area contributed by atoms with Crippen LogP contribution >= 0.6 is 43.5 Å². The van der Waals surface area contributed by atoms with Gasteiger partial charge in [-0.3, -0.25) is 4.79 Å². The van der Waals surface area contributed by atoms with Gasteiger partial charge in [0.15, 0.2) is 0 Å². The van der Waals surface area contributed by atoms with Gasteiger partial charge in [-0.1, -0.05) is 27.5 Å². The van der Waals surface area contributed by atoms with Crippen LogP contribution in [0, 0.1) is 5.82 Å². The van der Waals surface area contributed by atoms with Gasteiger partial charge >= 0.3 is 0 Å². The molecule has 6 heteroatoms. The van der Waals surface area contributed by atoms with E-state index < -0.39 is 5.82 Å². The van der Waals surface area contributed by atoms with E-state index in [-0.39, 0.29) is 20.7 Å². The minimum absolute atomic E-state index is 0.155. The Balaban J connectivity index is 2.95. The number of rotatable bonds is 2. The van der Waals surface area contributed by atoms with Crippen molar-refractivity contribution in [1.82, 2.24) is 0 Å². The van der Waals surface area contributed by atoms with Crippen LogP contribution in [-0.2, 0) is 4.79 Å². The Morgan fingerprint density at radius 1 is 1.57 bits per heavy atom. The van der Waals surface area contributed by atoms with Crippen LogP contribution in [0.3, 0.4) is 0 Å². The van der Waals surface area contributed by atoms with Crippen LogP contribution in [0.1, 0.15) is 0 Å². The zero-order valence-electron chi connectivity index (χ0n) is 6.78. The molecular formula is C8H5Br2ClFNO. The van der Waals surface area contributed by atoms with E-state index in [1.54, 1.807) is 0 Å². The number of carbonyl (C=O) groups excluding carboxylic acids is 1. The fourth-order valence-corrected chi connectivity index (χ4v) is 1.40. The van der Waals surface area contributed by atoms with Crippen LogP contribution in [0.2, 0.25) is 5.02 Å². The van der Waals surface area contributed by atoms with Gasteiger partial charge < -0.3 is 5.32 Å². The molecule has 2 nitrogen and oxygen atoms in total. The number of halogens is 4. The molecule has 1 N–H and O–H groups in total. The van der Waals surface area contributed by atoms with Gasteiger partial charge in [0.2, 0.25) is 5.91 Å². The first-order chi connectivity index (χ1) is 6.54. The number of anilines is 1. The predicted octanol–water partition coefficient (Wildman–Crippen LogP) is 3.58. The number of benzene rings is 1. The number of amides is 1. The highest BCUT2D eigenvalue weighted by molar-refractivity contribution is 9.10. The first-order valence-electron chi connectivity index (χ1n) is 3.55. The van der Waals surface area contributed by atoms with Crippen molar-refractivity contribution in [3.63, 3.8) is 0 Å². The molecule has 1 rings (SSSR count). The predicted molar refractivity (Wildman–Crippen MR) is 61.5 cm³/mol. The summed E-state index contributed by atoms with van der Waals surface area (Å²) in [7, 11) is 0. The van der Waals surface area contributed by atoms with Gasteiger partial charge in [-0.25, -0.2) is 4.39 Å². The van der Waals surface area contributed by atoms with Gasteiger partial charge in [0.05, 0.1) is 14.8 Å². The number of nitrogens with one attached hydrogen (secondary N) is 1. The maximum atomic E-state index is 13.1. The van der Waals surface area contributed by atoms with E-state index in [9.17, 15) is 9.18 Å². The normalized spacial score (nSPS) is 10.0. The van der Waals surface area contributed by atoms with Crippen molar-refractivity contribution in [2.24, 2.45) is 0 Å². The second-order valence-corrected chi connectivity index (χ2v) is 4.20. The monoisotopic (exact) mass is 343 g/mol. The Morgan fingerprint density at radius 2 is 2.21 bits per heavy atom. The number of hydrogen-bond donors (Lipinski definition) is 1. The molecule has 14 heavy (non-hydrogen) atoms. The highest BCUT2D eigenvalue weighted by Crippen LogP contribution is 2.28. The topological polar surface area (TPSA) is 29.1 Å². The van der Waals surface area contributed by atoms with E-state index in [1.165, 1.54) is 12.1 Å². The maximum Gasteiger partial charge on any atom is 0.235 e. The lowest BCUT2D eigenvalue weighted by atomic mass is 10.3. The van der Waals surface area contributed by atoms with Crippen LogP contribution in [-0.4, -0.2) is 11.2 Å². The molecule has 0 heterocycles. The van der Waals surface area contributed by atoms with Crippen molar-refractivity contribution in [2.45, 2.75) is 0 Å². The van der Waals surface area contributed by atoms with E-state index in [0.717, 1.165) is 0 Å². The van der Waals surface area contributed by atoms with Crippen molar-refractivity contribution in [2.75, 3.05) is 10.6 Å². The molecule has 0 saturated heterocycles. The molecule has 0 saturated carbocycles. The summed E-state index contributed by atoms with van der Waals surface area (Å²) in [5.41, 5.74) is 0.333. The Morgan fingerprint density at radius 3 is 2.71 bits per heavy atom. The summed E-state index contributed by atoms with van der Waals surface area (Å²) in [4.78, 5) is 11.0. The van der Waals surface area contributed by atoms with Crippen molar-refractivity contribution in [1.29, 1.82) is 0 Å². The zero-order valence-corrected chi connectivity index (χ0v) is 10.7. The van der Waals surface area contributed by atoms with Crippen LogP contribution in [0.4, 0.5) is 10.1 Å². The van der Waals surface area contributed by atoms with E-state index in [1.807, 2.05) is 0 Å².